The van der Waals surface area contributed by atoms with Crippen molar-refractivity contribution < 1.29 is 23.6 Å². The van der Waals surface area contributed by atoms with Crippen molar-refractivity contribution in [1.82, 2.24) is 15.1 Å². The lowest BCUT2D eigenvalue weighted by Crippen LogP contribution is -2.01. The first-order valence-corrected chi connectivity index (χ1v) is 9.83. The molecule has 8 heteroatoms. The normalized spacial score (nSPS) is 10.9. The molecule has 0 saturated carbocycles. The van der Waals surface area contributed by atoms with Gasteiger partial charge in [0.15, 0.2) is 12.4 Å². The highest BCUT2D eigenvalue weighted by Gasteiger charge is 2.14. The van der Waals surface area contributed by atoms with Crippen LogP contribution in [0.2, 0.25) is 0 Å². The van der Waals surface area contributed by atoms with Gasteiger partial charge in [-0.1, -0.05) is 35.5 Å². The Morgan fingerprint density at radius 1 is 1.06 bits per heavy atom. The Morgan fingerprint density at radius 2 is 1.90 bits per heavy atom. The van der Waals surface area contributed by atoms with Crippen LogP contribution in [0.4, 0.5) is 0 Å². The number of carboxylic acids is 1. The van der Waals surface area contributed by atoms with Gasteiger partial charge >= 0.3 is 5.97 Å². The second kappa shape index (κ2) is 9.25. The molecule has 0 bridgehead atoms. The lowest BCUT2D eigenvalue weighted by Gasteiger charge is -2.04. The van der Waals surface area contributed by atoms with Crippen LogP contribution in [0.1, 0.15) is 28.7 Å². The summed E-state index contributed by atoms with van der Waals surface area (Å²) in [4.78, 5) is 19.8. The van der Waals surface area contributed by atoms with E-state index in [9.17, 15) is 4.79 Å². The molecular weight excluding hydrogens is 398 g/mol. The number of carbonyl (C=O) groups is 1. The molecule has 31 heavy (non-hydrogen) atoms. The molecule has 2 heterocycles. The van der Waals surface area contributed by atoms with Gasteiger partial charge in [-0.3, -0.25) is 4.79 Å². The third kappa shape index (κ3) is 5.36. The summed E-state index contributed by atoms with van der Waals surface area (Å²) in [5, 5.41) is 12.9. The minimum Gasteiger partial charge on any atom is -0.484 e. The van der Waals surface area contributed by atoms with Crippen LogP contribution in [0.25, 0.3) is 11.5 Å². The van der Waals surface area contributed by atoms with E-state index in [0.717, 1.165) is 17.0 Å². The van der Waals surface area contributed by atoms with Gasteiger partial charge in [-0.2, -0.15) is 4.98 Å². The Labute approximate surface area is 178 Å². The van der Waals surface area contributed by atoms with Crippen molar-refractivity contribution in [3.63, 3.8) is 0 Å². The number of rotatable bonds is 9. The Morgan fingerprint density at radius 3 is 2.71 bits per heavy atom. The standard InChI is InChI=1S/C23H21N3O5/c1-15-19(24-23(30-15)17-7-3-2-4-8-17)10-11-20-25-21(31-26-20)14-29-18-9-5-6-16(12-18)13-22(27)28/h2-9,12H,10-11,13-14H2,1H3,(H,27,28). The predicted octanol–water partition coefficient (Wildman–Crippen LogP) is 4.02. The number of aryl methyl sites for hydroxylation is 3. The van der Waals surface area contributed by atoms with Crippen LogP contribution < -0.4 is 4.74 Å². The molecule has 0 saturated heterocycles. The molecule has 0 atom stereocenters. The Hall–Kier alpha value is -3.94. The highest BCUT2D eigenvalue weighted by atomic mass is 16.5. The van der Waals surface area contributed by atoms with Gasteiger partial charge in [0.05, 0.1) is 12.1 Å². The summed E-state index contributed by atoms with van der Waals surface area (Å²) in [6, 6.07) is 16.7. The van der Waals surface area contributed by atoms with Crippen molar-refractivity contribution in [2.75, 3.05) is 0 Å². The first kappa shape index (κ1) is 20.3. The van der Waals surface area contributed by atoms with Crippen molar-refractivity contribution in [2.24, 2.45) is 0 Å². The van der Waals surface area contributed by atoms with Crippen LogP contribution in [0.15, 0.2) is 63.5 Å². The van der Waals surface area contributed by atoms with E-state index in [1.165, 1.54) is 0 Å². The van der Waals surface area contributed by atoms with E-state index in [1.807, 2.05) is 37.3 Å². The maximum absolute atomic E-state index is 10.8. The van der Waals surface area contributed by atoms with Gasteiger partial charge < -0.3 is 18.8 Å². The van der Waals surface area contributed by atoms with E-state index >= 15 is 0 Å². The number of hydrogen-bond donors (Lipinski definition) is 1. The zero-order chi connectivity index (χ0) is 21.6. The minimum absolute atomic E-state index is 0.0602. The molecule has 158 valence electrons. The van der Waals surface area contributed by atoms with Crippen LogP contribution >= 0.6 is 0 Å². The first-order chi connectivity index (χ1) is 15.1. The van der Waals surface area contributed by atoms with Gasteiger partial charge in [0.2, 0.25) is 5.89 Å². The molecular formula is C23H21N3O5. The molecule has 8 nitrogen and oxygen atoms in total. The summed E-state index contributed by atoms with van der Waals surface area (Å²) in [5.41, 5.74) is 2.45. The van der Waals surface area contributed by atoms with Gasteiger partial charge in [-0.15, -0.1) is 0 Å². The topological polar surface area (TPSA) is 111 Å². The molecule has 2 aromatic heterocycles. The van der Waals surface area contributed by atoms with Crippen molar-refractivity contribution in [1.29, 1.82) is 0 Å². The molecule has 0 amide bonds. The molecule has 4 rings (SSSR count). The molecule has 0 aliphatic rings. The monoisotopic (exact) mass is 419 g/mol. The lowest BCUT2D eigenvalue weighted by molar-refractivity contribution is -0.136. The average Bonchev–Trinajstić information content (AvgIpc) is 3.37. The van der Waals surface area contributed by atoms with Crippen molar-refractivity contribution >= 4 is 5.97 Å². The van der Waals surface area contributed by atoms with Crippen LogP contribution in [0, 0.1) is 6.92 Å². The van der Waals surface area contributed by atoms with Gasteiger partial charge in [0, 0.05) is 18.4 Å². The van der Waals surface area contributed by atoms with E-state index in [-0.39, 0.29) is 13.0 Å². The fourth-order valence-corrected chi connectivity index (χ4v) is 3.11. The molecule has 0 unspecified atom stereocenters. The predicted molar refractivity (Wildman–Crippen MR) is 110 cm³/mol. The summed E-state index contributed by atoms with van der Waals surface area (Å²) in [6.45, 7) is 1.99. The number of ether oxygens (including phenoxy) is 1. The summed E-state index contributed by atoms with van der Waals surface area (Å²) in [7, 11) is 0. The van der Waals surface area contributed by atoms with Gasteiger partial charge in [0.25, 0.3) is 5.89 Å². The van der Waals surface area contributed by atoms with Gasteiger partial charge in [-0.05, 0) is 36.8 Å². The van der Waals surface area contributed by atoms with Crippen molar-refractivity contribution in [3.05, 3.63) is 83.3 Å². The summed E-state index contributed by atoms with van der Waals surface area (Å²) in [5.74, 6) is 1.93. The smallest absolute Gasteiger partial charge is 0.307 e. The number of oxazole rings is 1. The van der Waals surface area contributed by atoms with Crippen molar-refractivity contribution in [2.45, 2.75) is 32.8 Å². The van der Waals surface area contributed by atoms with Gasteiger partial charge in [0.1, 0.15) is 11.5 Å². The number of benzene rings is 2. The number of carboxylic acid groups (broad SMARTS) is 1. The SMILES string of the molecule is Cc1oc(-c2ccccc2)nc1CCc1noc(COc2cccc(CC(=O)O)c2)n1. The quantitative estimate of drug-likeness (QED) is 0.433. The molecule has 0 aliphatic heterocycles. The maximum Gasteiger partial charge on any atom is 0.307 e. The lowest BCUT2D eigenvalue weighted by atomic mass is 10.1. The summed E-state index contributed by atoms with van der Waals surface area (Å²) in [6.07, 6.45) is 1.12. The average molecular weight is 419 g/mol. The zero-order valence-electron chi connectivity index (χ0n) is 16.9. The zero-order valence-corrected chi connectivity index (χ0v) is 16.9. The van der Waals surface area contributed by atoms with Crippen LogP contribution in [-0.4, -0.2) is 26.2 Å². The molecule has 4 aromatic rings. The number of aliphatic carboxylic acids is 1. The molecule has 2 aromatic carbocycles. The molecule has 1 N–H and O–H groups in total. The number of hydrogen-bond acceptors (Lipinski definition) is 7. The molecule has 0 spiro atoms. The summed E-state index contributed by atoms with van der Waals surface area (Å²) >= 11 is 0. The van der Waals surface area contributed by atoms with Gasteiger partial charge in [-0.25, -0.2) is 4.98 Å². The number of nitrogens with zero attached hydrogens (tertiary/aromatic N) is 3. The highest BCUT2D eigenvalue weighted by molar-refractivity contribution is 5.70. The maximum atomic E-state index is 10.8. The van der Waals surface area contributed by atoms with E-state index < -0.39 is 5.97 Å². The molecule has 0 aliphatic carbocycles. The minimum atomic E-state index is -0.892. The van der Waals surface area contributed by atoms with Crippen LogP contribution in [0.3, 0.4) is 0 Å². The van der Waals surface area contributed by atoms with E-state index in [1.54, 1.807) is 24.3 Å². The van der Waals surface area contributed by atoms with E-state index in [0.29, 0.717) is 41.8 Å². The fraction of sp³-hybridized carbons (Fsp3) is 0.217. The van der Waals surface area contributed by atoms with Crippen LogP contribution in [0.5, 0.6) is 5.75 Å². The van der Waals surface area contributed by atoms with E-state index in [2.05, 4.69) is 15.1 Å². The Kier molecular flexibility index (Phi) is 6.07. The summed E-state index contributed by atoms with van der Waals surface area (Å²) < 4.78 is 16.7. The number of aromatic nitrogens is 3. The third-order valence-electron chi connectivity index (χ3n) is 4.63. The Bertz CT molecular complexity index is 1170. The molecule has 0 fully saturated rings. The van der Waals surface area contributed by atoms with Crippen LogP contribution in [-0.2, 0) is 30.7 Å². The largest absolute Gasteiger partial charge is 0.484 e. The Balaban J connectivity index is 1.33. The molecule has 0 radical (unpaired) electrons. The first-order valence-electron chi connectivity index (χ1n) is 9.83. The fourth-order valence-electron chi connectivity index (χ4n) is 3.11. The second-order valence-electron chi connectivity index (χ2n) is 7.00. The third-order valence-corrected chi connectivity index (χ3v) is 4.63. The van der Waals surface area contributed by atoms with E-state index in [4.69, 9.17) is 18.8 Å². The second-order valence-corrected chi connectivity index (χ2v) is 7.00. The van der Waals surface area contributed by atoms with Crippen molar-refractivity contribution in [3.8, 4) is 17.2 Å². The highest BCUT2D eigenvalue weighted by Crippen LogP contribution is 2.22.